The quantitative estimate of drug-likeness (QED) is 0.384. The van der Waals surface area contributed by atoms with Crippen LogP contribution in [0.3, 0.4) is 0 Å². The molecule has 0 aromatic carbocycles. The number of rotatable bonds is 4. The van der Waals surface area contributed by atoms with Crippen molar-refractivity contribution in [2.45, 2.75) is 17.8 Å². The molecule has 3 aliphatic carbocycles. The lowest BCUT2D eigenvalue weighted by Gasteiger charge is -2.49. The highest BCUT2D eigenvalue weighted by Gasteiger charge is 2.76. The summed E-state index contributed by atoms with van der Waals surface area (Å²) in [4.78, 5) is 56.2. The molecule has 6 atom stereocenters. The second kappa shape index (κ2) is 7.45. The van der Waals surface area contributed by atoms with Gasteiger partial charge in [-0.1, -0.05) is 27.2 Å². The number of halogens is 1. The van der Waals surface area contributed by atoms with Gasteiger partial charge in [-0.05, 0) is 0 Å². The van der Waals surface area contributed by atoms with E-state index in [4.69, 9.17) is 28.5 Å². The average Bonchev–Trinajstić information content (AvgIpc) is 3.33. The monoisotopic (exact) mass is 499 g/mol. The van der Waals surface area contributed by atoms with Crippen molar-refractivity contribution >= 4 is 45.5 Å². The van der Waals surface area contributed by atoms with Crippen LogP contribution in [0.2, 0.25) is 0 Å². The molecule has 1 spiro atoms. The number of oxime groups is 1. The van der Waals surface area contributed by atoms with Crippen LogP contribution in [0.5, 0.6) is 0 Å². The number of esters is 4. The molecule has 0 saturated carbocycles. The lowest BCUT2D eigenvalue weighted by atomic mass is 9.57. The van der Waals surface area contributed by atoms with E-state index in [2.05, 4.69) is 21.1 Å². The molecule has 166 valence electrons. The van der Waals surface area contributed by atoms with Crippen LogP contribution in [0.4, 0.5) is 0 Å². The van der Waals surface area contributed by atoms with Crippen molar-refractivity contribution < 1.29 is 47.7 Å². The molecule has 1 saturated heterocycles. The van der Waals surface area contributed by atoms with Crippen molar-refractivity contribution in [2.24, 2.45) is 22.9 Å². The minimum absolute atomic E-state index is 0.0146. The van der Waals surface area contributed by atoms with Crippen molar-refractivity contribution in [3.05, 3.63) is 21.7 Å². The summed E-state index contributed by atoms with van der Waals surface area (Å²) < 4.78 is 26.0. The number of hydrogen-bond acceptors (Lipinski definition) is 11. The highest BCUT2D eigenvalue weighted by Crippen LogP contribution is 2.63. The molecule has 1 fully saturated rings. The Morgan fingerprint density at radius 3 is 2.16 bits per heavy atom. The van der Waals surface area contributed by atoms with Crippen LogP contribution < -0.4 is 0 Å². The number of nitrogens with zero attached hydrogens (tertiary/aromatic N) is 1. The van der Waals surface area contributed by atoms with Gasteiger partial charge in [-0.3, -0.25) is 0 Å². The molecule has 0 N–H and O–H groups in total. The first kappa shape index (κ1) is 21.5. The van der Waals surface area contributed by atoms with Gasteiger partial charge in [0.05, 0.1) is 57.3 Å². The maximum absolute atomic E-state index is 12.8. The molecule has 31 heavy (non-hydrogen) atoms. The van der Waals surface area contributed by atoms with Crippen LogP contribution in [0, 0.1) is 17.8 Å². The van der Waals surface area contributed by atoms with Gasteiger partial charge in [-0.25, -0.2) is 19.2 Å². The second-order valence-corrected chi connectivity index (χ2v) is 8.12. The zero-order valence-electron chi connectivity index (χ0n) is 16.9. The topological polar surface area (TPSA) is 136 Å². The van der Waals surface area contributed by atoms with Gasteiger partial charge in [0, 0.05) is 4.48 Å². The molecule has 2 heterocycles. The maximum Gasteiger partial charge on any atom is 0.356 e. The first-order valence-electron chi connectivity index (χ1n) is 9.13. The van der Waals surface area contributed by atoms with Crippen LogP contribution >= 0.6 is 15.9 Å². The van der Waals surface area contributed by atoms with Crippen molar-refractivity contribution in [1.29, 1.82) is 0 Å². The summed E-state index contributed by atoms with van der Waals surface area (Å²) in [5.74, 6) is -6.02. The molecule has 5 aliphatic rings. The van der Waals surface area contributed by atoms with Gasteiger partial charge in [0.25, 0.3) is 0 Å². The van der Waals surface area contributed by atoms with E-state index in [-0.39, 0.29) is 16.9 Å². The fraction of sp³-hybridized carbons (Fsp3) is 0.526. The molecule has 12 heteroatoms. The van der Waals surface area contributed by atoms with Crippen molar-refractivity contribution in [1.82, 2.24) is 0 Å². The lowest BCUT2D eigenvalue weighted by molar-refractivity contribution is -0.160. The predicted octanol–water partition coefficient (Wildman–Crippen LogP) is 0.0220. The summed E-state index contributed by atoms with van der Waals surface area (Å²) in [6.07, 6.45) is -0.603. The fourth-order valence-electron chi connectivity index (χ4n) is 4.91. The number of ether oxygens (including phenoxy) is 5. The normalized spacial score (nSPS) is 34.7. The van der Waals surface area contributed by atoms with Crippen LogP contribution in [-0.2, 0) is 47.7 Å². The van der Waals surface area contributed by atoms with E-state index < -0.39 is 59.4 Å². The largest absolute Gasteiger partial charge is 0.467 e. The predicted molar refractivity (Wildman–Crippen MR) is 102 cm³/mol. The molecule has 0 aromatic rings. The van der Waals surface area contributed by atoms with Gasteiger partial charge >= 0.3 is 23.9 Å². The molecule has 0 amide bonds. The zero-order valence-corrected chi connectivity index (χ0v) is 18.5. The molecule has 2 bridgehead atoms. The summed E-state index contributed by atoms with van der Waals surface area (Å²) in [5.41, 5.74) is -1.66. The lowest BCUT2D eigenvalue weighted by Crippen LogP contribution is -2.61. The SMILES string of the molecule is COC(=O)C1=NO[C@]23[C@H](O[C@H](C(=O)OC)[C@H]12)[C@@H]1C(Br)=C[C@H]3C(C(=O)OC)=C1C(=O)OC. The van der Waals surface area contributed by atoms with E-state index in [1.165, 1.54) is 21.3 Å². The van der Waals surface area contributed by atoms with Crippen LogP contribution in [0.1, 0.15) is 0 Å². The van der Waals surface area contributed by atoms with E-state index in [9.17, 15) is 19.2 Å². The van der Waals surface area contributed by atoms with Gasteiger partial charge in [0.1, 0.15) is 6.10 Å². The summed E-state index contributed by atoms with van der Waals surface area (Å²) >= 11 is 3.43. The summed E-state index contributed by atoms with van der Waals surface area (Å²) in [6.45, 7) is 0. The molecular weight excluding hydrogens is 482 g/mol. The Bertz CT molecular complexity index is 984. The Kier molecular flexibility index (Phi) is 5.16. The molecule has 5 rings (SSSR count). The van der Waals surface area contributed by atoms with E-state index in [0.29, 0.717) is 4.48 Å². The Morgan fingerprint density at radius 2 is 1.58 bits per heavy atom. The van der Waals surface area contributed by atoms with E-state index in [1.54, 1.807) is 6.08 Å². The Hall–Kier alpha value is -2.73. The van der Waals surface area contributed by atoms with Crippen LogP contribution in [0.15, 0.2) is 26.9 Å². The van der Waals surface area contributed by atoms with Gasteiger partial charge in [-0.15, -0.1) is 0 Å². The molecule has 11 nitrogen and oxygen atoms in total. The van der Waals surface area contributed by atoms with Gasteiger partial charge in [-0.2, -0.15) is 0 Å². The first-order valence-corrected chi connectivity index (χ1v) is 9.93. The van der Waals surface area contributed by atoms with Crippen LogP contribution in [-0.4, -0.2) is 75.8 Å². The van der Waals surface area contributed by atoms with Crippen molar-refractivity contribution in [3.63, 3.8) is 0 Å². The summed E-state index contributed by atoms with van der Waals surface area (Å²) in [7, 11) is 4.69. The maximum atomic E-state index is 12.8. The Balaban J connectivity index is 1.95. The number of carbonyl (C=O) groups excluding carboxylic acids is 4. The minimum atomic E-state index is -1.48. The zero-order chi connectivity index (χ0) is 22.7. The first-order chi connectivity index (χ1) is 14.8. The highest BCUT2D eigenvalue weighted by atomic mass is 79.9. The van der Waals surface area contributed by atoms with Crippen molar-refractivity contribution in [3.8, 4) is 0 Å². The average molecular weight is 500 g/mol. The van der Waals surface area contributed by atoms with Crippen LogP contribution in [0.25, 0.3) is 0 Å². The number of carbonyl (C=O) groups is 4. The summed E-state index contributed by atoms with van der Waals surface area (Å²) in [6, 6.07) is 0. The van der Waals surface area contributed by atoms with E-state index in [1.807, 2.05) is 0 Å². The smallest absolute Gasteiger partial charge is 0.356 e. The number of hydrogen-bond donors (Lipinski definition) is 0. The van der Waals surface area contributed by atoms with Gasteiger partial charge < -0.3 is 28.5 Å². The Labute approximate surface area is 184 Å². The minimum Gasteiger partial charge on any atom is -0.467 e. The Morgan fingerprint density at radius 1 is 0.968 bits per heavy atom. The second-order valence-electron chi connectivity index (χ2n) is 7.21. The van der Waals surface area contributed by atoms with Crippen molar-refractivity contribution in [2.75, 3.05) is 28.4 Å². The van der Waals surface area contributed by atoms with E-state index in [0.717, 1.165) is 7.11 Å². The third-order valence-corrected chi connectivity index (χ3v) is 6.84. The third-order valence-electron chi connectivity index (χ3n) is 6.09. The molecular formula is C19H18BrNO10. The van der Waals surface area contributed by atoms with Gasteiger partial charge in [0.2, 0.25) is 0 Å². The summed E-state index contributed by atoms with van der Waals surface area (Å²) in [5, 5.41) is 3.91. The highest BCUT2D eigenvalue weighted by molar-refractivity contribution is 9.11. The standard InChI is InChI=1S/C19H18BrNO10/c1-26-15(22)8-6-5-7(20)9(10(8)16(23)27-2)14-19(6)11(13(30-14)18(25)29-4)12(21-31-19)17(24)28-3/h5-6,9,11,13-14H,1-4H3/t6-,9+,11-,13-,14+,19-/m0/s1. The molecule has 0 aromatic heterocycles. The van der Waals surface area contributed by atoms with E-state index >= 15 is 0 Å². The fourth-order valence-corrected chi connectivity index (χ4v) is 5.65. The molecule has 2 aliphatic heterocycles. The number of methoxy groups -OCH3 is 4. The molecule has 0 unspecified atom stereocenters. The molecule has 0 radical (unpaired) electrons. The third kappa shape index (κ3) is 2.64. The van der Waals surface area contributed by atoms with Gasteiger partial charge in [0.15, 0.2) is 17.4 Å².